The Morgan fingerprint density at radius 3 is 2.41 bits per heavy atom. The fraction of sp³-hybridized carbons (Fsp3) is 0.308. The lowest BCUT2D eigenvalue weighted by atomic mass is 10.2. The molecule has 2 aromatic rings. The molecule has 0 aliphatic carbocycles. The van der Waals surface area contributed by atoms with Gasteiger partial charge in [-0.3, -0.25) is 5.32 Å². The SMILES string of the molecule is CC(C)(C)OC(=O)Nc1ncc(-c2nc(C(=O)O)cs2)cn1. The first-order valence-corrected chi connectivity index (χ1v) is 7.14. The van der Waals surface area contributed by atoms with Gasteiger partial charge in [-0.05, 0) is 20.8 Å². The van der Waals surface area contributed by atoms with E-state index in [0.29, 0.717) is 10.6 Å². The van der Waals surface area contributed by atoms with Gasteiger partial charge in [0.25, 0.3) is 0 Å². The summed E-state index contributed by atoms with van der Waals surface area (Å²) in [5, 5.41) is 13.2. The molecule has 0 aliphatic rings. The summed E-state index contributed by atoms with van der Waals surface area (Å²) in [6.45, 7) is 5.25. The maximum atomic E-state index is 11.6. The van der Waals surface area contributed by atoms with Crippen LogP contribution in [0.2, 0.25) is 0 Å². The number of rotatable bonds is 3. The molecule has 2 heterocycles. The number of aromatic carboxylic acids is 1. The third-order valence-corrected chi connectivity index (χ3v) is 3.13. The van der Waals surface area contributed by atoms with Crippen LogP contribution in [0.15, 0.2) is 17.8 Å². The van der Waals surface area contributed by atoms with Crippen molar-refractivity contribution in [2.24, 2.45) is 0 Å². The monoisotopic (exact) mass is 322 g/mol. The fourth-order valence-electron chi connectivity index (χ4n) is 1.40. The molecular formula is C13H14N4O4S. The standard InChI is InChI=1S/C13H14N4O4S/c1-13(2,3)21-12(20)17-11-14-4-7(5-15-11)9-16-8(6-22-9)10(18)19/h4-6H,1-3H3,(H,18,19)(H,14,15,17,20). The molecule has 2 aromatic heterocycles. The molecule has 0 spiro atoms. The van der Waals surface area contributed by atoms with E-state index in [2.05, 4.69) is 20.3 Å². The zero-order valence-corrected chi connectivity index (χ0v) is 13.0. The number of amides is 1. The Kier molecular flexibility index (Phi) is 4.36. The Hall–Kier alpha value is -2.55. The Bertz CT molecular complexity index is 691. The van der Waals surface area contributed by atoms with Gasteiger partial charge < -0.3 is 9.84 Å². The molecule has 0 saturated carbocycles. The van der Waals surface area contributed by atoms with Crippen LogP contribution in [0, 0.1) is 0 Å². The lowest BCUT2D eigenvalue weighted by Gasteiger charge is -2.19. The van der Waals surface area contributed by atoms with Crippen molar-refractivity contribution in [2.75, 3.05) is 5.32 Å². The predicted octanol–water partition coefficient (Wildman–Crippen LogP) is 2.65. The van der Waals surface area contributed by atoms with Gasteiger partial charge in [0.05, 0.1) is 0 Å². The fourth-order valence-corrected chi connectivity index (χ4v) is 2.17. The summed E-state index contributed by atoms with van der Waals surface area (Å²) >= 11 is 1.17. The van der Waals surface area contributed by atoms with E-state index in [1.54, 1.807) is 20.8 Å². The van der Waals surface area contributed by atoms with Crippen molar-refractivity contribution in [3.63, 3.8) is 0 Å². The van der Waals surface area contributed by atoms with E-state index in [1.165, 1.54) is 29.1 Å². The second-order valence-corrected chi connectivity index (χ2v) is 6.12. The highest BCUT2D eigenvalue weighted by Gasteiger charge is 2.17. The van der Waals surface area contributed by atoms with Gasteiger partial charge in [0.2, 0.25) is 5.95 Å². The van der Waals surface area contributed by atoms with E-state index >= 15 is 0 Å². The zero-order valence-electron chi connectivity index (χ0n) is 12.2. The van der Waals surface area contributed by atoms with Crippen molar-refractivity contribution in [3.8, 4) is 10.6 Å². The number of carboxylic acids is 1. The Morgan fingerprint density at radius 2 is 1.91 bits per heavy atom. The smallest absolute Gasteiger partial charge is 0.414 e. The highest BCUT2D eigenvalue weighted by molar-refractivity contribution is 7.13. The maximum Gasteiger partial charge on any atom is 0.414 e. The molecule has 0 atom stereocenters. The third kappa shape index (κ3) is 4.22. The van der Waals surface area contributed by atoms with Gasteiger partial charge in [-0.2, -0.15) is 0 Å². The molecule has 0 fully saturated rings. The van der Waals surface area contributed by atoms with Crippen LogP contribution in [0.3, 0.4) is 0 Å². The van der Waals surface area contributed by atoms with Crippen molar-refractivity contribution >= 4 is 29.3 Å². The molecule has 0 radical (unpaired) electrons. The molecule has 8 nitrogen and oxygen atoms in total. The van der Waals surface area contributed by atoms with Crippen LogP contribution in [0.4, 0.5) is 10.7 Å². The first-order valence-electron chi connectivity index (χ1n) is 6.26. The zero-order chi connectivity index (χ0) is 16.3. The van der Waals surface area contributed by atoms with Crippen LogP contribution < -0.4 is 5.32 Å². The third-order valence-electron chi connectivity index (χ3n) is 2.23. The van der Waals surface area contributed by atoms with Gasteiger partial charge in [-0.15, -0.1) is 11.3 Å². The minimum absolute atomic E-state index is 0.0315. The lowest BCUT2D eigenvalue weighted by molar-refractivity contribution is 0.0632. The number of thiazole rings is 1. The minimum atomic E-state index is -1.09. The second-order valence-electron chi connectivity index (χ2n) is 5.27. The summed E-state index contributed by atoms with van der Waals surface area (Å²) in [7, 11) is 0. The molecule has 0 bridgehead atoms. The number of aromatic nitrogens is 3. The molecule has 9 heteroatoms. The Morgan fingerprint density at radius 1 is 1.27 bits per heavy atom. The Balaban J connectivity index is 2.06. The highest BCUT2D eigenvalue weighted by Crippen LogP contribution is 2.22. The summed E-state index contributed by atoms with van der Waals surface area (Å²) in [5.74, 6) is -1.00. The molecule has 0 saturated heterocycles. The number of hydrogen-bond acceptors (Lipinski definition) is 7. The minimum Gasteiger partial charge on any atom is -0.476 e. The molecule has 0 unspecified atom stereocenters. The van der Waals surface area contributed by atoms with Crippen LogP contribution >= 0.6 is 11.3 Å². The van der Waals surface area contributed by atoms with Crippen LogP contribution in [-0.4, -0.2) is 37.7 Å². The summed E-state index contributed by atoms with van der Waals surface area (Å²) < 4.78 is 5.08. The summed E-state index contributed by atoms with van der Waals surface area (Å²) in [4.78, 5) is 34.3. The van der Waals surface area contributed by atoms with Gasteiger partial charge in [-0.1, -0.05) is 0 Å². The molecule has 2 rings (SSSR count). The van der Waals surface area contributed by atoms with E-state index in [9.17, 15) is 9.59 Å². The van der Waals surface area contributed by atoms with Crippen molar-refractivity contribution in [1.29, 1.82) is 0 Å². The number of anilines is 1. The molecule has 116 valence electrons. The number of nitrogens with zero attached hydrogens (tertiary/aromatic N) is 3. The van der Waals surface area contributed by atoms with Crippen molar-refractivity contribution < 1.29 is 19.4 Å². The van der Waals surface area contributed by atoms with Crippen LogP contribution in [0.25, 0.3) is 10.6 Å². The maximum absolute atomic E-state index is 11.6. The quantitative estimate of drug-likeness (QED) is 0.892. The van der Waals surface area contributed by atoms with Gasteiger partial charge in [0.1, 0.15) is 10.6 Å². The van der Waals surface area contributed by atoms with Crippen LogP contribution in [0.5, 0.6) is 0 Å². The van der Waals surface area contributed by atoms with Crippen LogP contribution in [0.1, 0.15) is 31.3 Å². The molecule has 0 aliphatic heterocycles. The van der Waals surface area contributed by atoms with Gasteiger partial charge in [-0.25, -0.2) is 24.5 Å². The molecule has 1 amide bonds. The van der Waals surface area contributed by atoms with Gasteiger partial charge in [0.15, 0.2) is 5.69 Å². The number of carboxylic acid groups (broad SMARTS) is 1. The van der Waals surface area contributed by atoms with E-state index in [4.69, 9.17) is 9.84 Å². The number of nitrogens with one attached hydrogen (secondary N) is 1. The summed E-state index contributed by atoms with van der Waals surface area (Å²) in [6.07, 6.45) is 2.25. The summed E-state index contributed by atoms with van der Waals surface area (Å²) in [6, 6.07) is 0. The van der Waals surface area contributed by atoms with Crippen LogP contribution in [-0.2, 0) is 4.74 Å². The average molecular weight is 322 g/mol. The first-order chi connectivity index (χ1) is 10.2. The van der Waals surface area contributed by atoms with Crippen molar-refractivity contribution in [1.82, 2.24) is 15.0 Å². The molecule has 22 heavy (non-hydrogen) atoms. The van der Waals surface area contributed by atoms with E-state index in [1.807, 2.05) is 0 Å². The highest BCUT2D eigenvalue weighted by atomic mass is 32.1. The number of hydrogen-bond donors (Lipinski definition) is 2. The van der Waals surface area contributed by atoms with Gasteiger partial charge in [0, 0.05) is 23.3 Å². The molecule has 2 N–H and O–H groups in total. The largest absolute Gasteiger partial charge is 0.476 e. The lowest BCUT2D eigenvalue weighted by Crippen LogP contribution is -2.27. The van der Waals surface area contributed by atoms with Crippen molar-refractivity contribution in [3.05, 3.63) is 23.5 Å². The van der Waals surface area contributed by atoms with E-state index in [0.717, 1.165) is 0 Å². The topological polar surface area (TPSA) is 114 Å². The van der Waals surface area contributed by atoms with Crippen molar-refractivity contribution in [2.45, 2.75) is 26.4 Å². The molecule has 0 aromatic carbocycles. The first kappa shape index (κ1) is 15.8. The van der Waals surface area contributed by atoms with E-state index < -0.39 is 17.7 Å². The van der Waals surface area contributed by atoms with Gasteiger partial charge >= 0.3 is 12.1 Å². The van der Waals surface area contributed by atoms with E-state index in [-0.39, 0.29) is 11.6 Å². The predicted molar refractivity (Wildman–Crippen MR) is 80.0 cm³/mol. The molecular weight excluding hydrogens is 308 g/mol. The summed E-state index contributed by atoms with van der Waals surface area (Å²) in [5.41, 5.74) is -0.0822. The number of carbonyl (C=O) groups is 2. The number of ether oxygens (including phenoxy) is 1. The Labute approximate surface area is 130 Å². The second kappa shape index (κ2) is 6.06. The average Bonchev–Trinajstić information content (AvgIpc) is 2.87. The normalized spacial score (nSPS) is 11.0. The number of carbonyl (C=O) groups excluding carboxylic acids is 1.